The number of Topliss-reactive ketones (excluding diaryl/α,β-unsaturated/α-hetero) is 1. The first-order valence-electron chi connectivity index (χ1n) is 3.01. The molecule has 1 aliphatic rings. The average Bonchev–Trinajstić information content (AvgIpc) is 2.47. The lowest BCUT2D eigenvalue weighted by molar-refractivity contribution is -0.120. The molecule has 0 atom stereocenters. The second kappa shape index (κ2) is 1.55. The third-order valence-corrected chi connectivity index (χ3v) is 1.67. The van der Waals surface area contributed by atoms with E-state index in [9.17, 15) is 4.79 Å². The van der Waals surface area contributed by atoms with Crippen LogP contribution in [0.1, 0.15) is 26.2 Å². The molecule has 0 aromatic heterocycles. The summed E-state index contributed by atoms with van der Waals surface area (Å²) in [5.41, 5.74) is 5.17. The van der Waals surface area contributed by atoms with E-state index in [-0.39, 0.29) is 11.3 Å². The van der Waals surface area contributed by atoms with Crippen LogP contribution >= 0.6 is 0 Å². The van der Waals surface area contributed by atoms with Gasteiger partial charge in [-0.3, -0.25) is 4.79 Å². The molecule has 0 amide bonds. The molecule has 0 unspecified atom stereocenters. The van der Waals surface area contributed by atoms with Crippen LogP contribution in [0.3, 0.4) is 0 Å². The molecule has 0 bridgehead atoms. The van der Waals surface area contributed by atoms with Gasteiger partial charge in [-0.1, -0.05) is 6.92 Å². The highest BCUT2D eigenvalue weighted by Gasteiger charge is 2.44. The van der Waals surface area contributed by atoms with Crippen LogP contribution in [-0.4, -0.2) is 11.3 Å². The van der Waals surface area contributed by atoms with Crippen molar-refractivity contribution in [1.82, 2.24) is 0 Å². The highest BCUT2D eigenvalue weighted by molar-refractivity contribution is 5.90. The first-order chi connectivity index (χ1) is 3.69. The number of hydrogen-bond donors (Lipinski definition) is 1. The van der Waals surface area contributed by atoms with E-state index in [0.29, 0.717) is 6.42 Å². The fraction of sp³-hybridized carbons (Fsp3) is 0.833. The van der Waals surface area contributed by atoms with Crippen molar-refractivity contribution in [2.24, 2.45) is 5.73 Å². The molecule has 8 heavy (non-hydrogen) atoms. The van der Waals surface area contributed by atoms with Gasteiger partial charge in [0, 0.05) is 6.42 Å². The van der Waals surface area contributed by atoms with Gasteiger partial charge in [0.15, 0.2) is 5.78 Å². The van der Waals surface area contributed by atoms with Crippen molar-refractivity contribution >= 4 is 5.78 Å². The molecule has 2 N–H and O–H groups in total. The van der Waals surface area contributed by atoms with E-state index in [2.05, 4.69) is 0 Å². The predicted octanol–water partition coefficient (Wildman–Crippen LogP) is 0.457. The Kier molecular flexibility index (Phi) is 1.12. The molecular formula is C6H11NO. The molecule has 0 saturated heterocycles. The molecule has 1 aliphatic carbocycles. The molecule has 0 aromatic rings. The summed E-state index contributed by atoms with van der Waals surface area (Å²) < 4.78 is 0. The first kappa shape index (κ1) is 5.76. The maximum Gasteiger partial charge on any atom is 0.152 e. The van der Waals surface area contributed by atoms with Gasteiger partial charge in [0.25, 0.3) is 0 Å². The number of rotatable bonds is 2. The highest BCUT2D eigenvalue weighted by Crippen LogP contribution is 2.33. The van der Waals surface area contributed by atoms with Crippen molar-refractivity contribution in [2.45, 2.75) is 31.7 Å². The normalized spacial score (nSPS) is 22.8. The lowest BCUT2D eigenvalue weighted by Crippen LogP contribution is -2.31. The van der Waals surface area contributed by atoms with Gasteiger partial charge in [-0.05, 0) is 12.8 Å². The lowest BCUT2D eigenvalue weighted by atomic mass is 10.1. The van der Waals surface area contributed by atoms with Gasteiger partial charge < -0.3 is 5.73 Å². The minimum atomic E-state index is -0.380. The van der Waals surface area contributed by atoms with Crippen LogP contribution in [0.5, 0.6) is 0 Å². The Hall–Kier alpha value is -0.370. The van der Waals surface area contributed by atoms with Gasteiger partial charge in [-0.2, -0.15) is 0 Å². The average molecular weight is 113 g/mol. The Labute approximate surface area is 49.1 Å². The number of carbonyl (C=O) groups excluding carboxylic acids is 1. The Bertz CT molecular complexity index is 116. The van der Waals surface area contributed by atoms with Crippen molar-refractivity contribution in [3.63, 3.8) is 0 Å². The van der Waals surface area contributed by atoms with Gasteiger partial charge >= 0.3 is 0 Å². The molecule has 2 heteroatoms. The largest absolute Gasteiger partial charge is 0.319 e. The Morgan fingerprint density at radius 1 is 1.75 bits per heavy atom. The lowest BCUT2D eigenvalue weighted by Gasteiger charge is -2.01. The van der Waals surface area contributed by atoms with E-state index in [1.54, 1.807) is 0 Å². The van der Waals surface area contributed by atoms with Gasteiger partial charge in [0.05, 0.1) is 5.54 Å². The molecular weight excluding hydrogens is 102 g/mol. The number of hydrogen-bond acceptors (Lipinski definition) is 2. The fourth-order valence-corrected chi connectivity index (χ4v) is 0.766. The van der Waals surface area contributed by atoms with E-state index in [1.807, 2.05) is 6.92 Å². The van der Waals surface area contributed by atoms with Crippen LogP contribution in [0.4, 0.5) is 0 Å². The van der Waals surface area contributed by atoms with Crippen molar-refractivity contribution in [1.29, 1.82) is 0 Å². The highest BCUT2D eigenvalue weighted by atomic mass is 16.1. The third-order valence-electron chi connectivity index (χ3n) is 1.67. The summed E-state index contributed by atoms with van der Waals surface area (Å²) in [6, 6.07) is 0. The molecule has 0 spiro atoms. The van der Waals surface area contributed by atoms with E-state index in [4.69, 9.17) is 5.73 Å². The Balaban J connectivity index is 2.46. The molecule has 0 radical (unpaired) electrons. The SMILES string of the molecule is CCC(=O)C1(N)CC1. The van der Waals surface area contributed by atoms with Crippen molar-refractivity contribution in [3.05, 3.63) is 0 Å². The first-order valence-corrected chi connectivity index (χ1v) is 3.01. The molecule has 0 heterocycles. The summed E-state index contributed by atoms with van der Waals surface area (Å²) in [6.07, 6.45) is 2.40. The Morgan fingerprint density at radius 3 is 2.38 bits per heavy atom. The number of nitrogens with two attached hydrogens (primary N) is 1. The van der Waals surface area contributed by atoms with E-state index >= 15 is 0 Å². The number of carbonyl (C=O) groups is 1. The summed E-state index contributed by atoms with van der Waals surface area (Å²) in [5.74, 6) is 0.220. The van der Waals surface area contributed by atoms with Crippen molar-refractivity contribution in [2.75, 3.05) is 0 Å². The standard InChI is InChI=1S/C6H11NO/c1-2-5(8)6(7)3-4-6/h2-4,7H2,1H3. The summed E-state index contributed by atoms with van der Waals surface area (Å²) in [7, 11) is 0. The predicted molar refractivity (Wildman–Crippen MR) is 31.5 cm³/mol. The summed E-state index contributed by atoms with van der Waals surface area (Å²) in [6.45, 7) is 1.86. The summed E-state index contributed by atoms with van der Waals surface area (Å²) in [5, 5.41) is 0. The van der Waals surface area contributed by atoms with Crippen LogP contribution < -0.4 is 5.73 Å². The topological polar surface area (TPSA) is 43.1 Å². The fourth-order valence-electron chi connectivity index (χ4n) is 0.766. The van der Waals surface area contributed by atoms with Gasteiger partial charge in [-0.15, -0.1) is 0 Å². The van der Waals surface area contributed by atoms with Crippen LogP contribution in [-0.2, 0) is 4.79 Å². The van der Waals surface area contributed by atoms with E-state index in [1.165, 1.54) is 0 Å². The Morgan fingerprint density at radius 2 is 2.25 bits per heavy atom. The summed E-state index contributed by atoms with van der Waals surface area (Å²) >= 11 is 0. The quantitative estimate of drug-likeness (QED) is 0.565. The molecule has 1 rings (SSSR count). The van der Waals surface area contributed by atoms with E-state index in [0.717, 1.165) is 12.8 Å². The molecule has 46 valence electrons. The van der Waals surface area contributed by atoms with Gasteiger partial charge in [0.2, 0.25) is 0 Å². The zero-order valence-electron chi connectivity index (χ0n) is 5.11. The second-order valence-electron chi connectivity index (χ2n) is 2.43. The maximum atomic E-state index is 10.8. The van der Waals surface area contributed by atoms with Gasteiger partial charge in [0.1, 0.15) is 0 Å². The smallest absolute Gasteiger partial charge is 0.152 e. The summed E-state index contributed by atoms with van der Waals surface area (Å²) in [4.78, 5) is 10.8. The zero-order chi connectivity index (χ0) is 6.20. The molecule has 0 aromatic carbocycles. The van der Waals surface area contributed by atoms with E-state index < -0.39 is 0 Å². The monoisotopic (exact) mass is 113 g/mol. The minimum Gasteiger partial charge on any atom is -0.319 e. The minimum absolute atomic E-state index is 0.220. The maximum absolute atomic E-state index is 10.8. The third kappa shape index (κ3) is 0.757. The number of ketones is 1. The van der Waals surface area contributed by atoms with Crippen LogP contribution in [0.2, 0.25) is 0 Å². The van der Waals surface area contributed by atoms with Gasteiger partial charge in [-0.25, -0.2) is 0 Å². The molecule has 0 aliphatic heterocycles. The van der Waals surface area contributed by atoms with Crippen LogP contribution in [0.25, 0.3) is 0 Å². The van der Waals surface area contributed by atoms with Crippen LogP contribution in [0.15, 0.2) is 0 Å². The zero-order valence-corrected chi connectivity index (χ0v) is 5.11. The molecule has 2 nitrogen and oxygen atoms in total. The second-order valence-corrected chi connectivity index (χ2v) is 2.43. The van der Waals surface area contributed by atoms with Crippen molar-refractivity contribution < 1.29 is 4.79 Å². The van der Waals surface area contributed by atoms with Crippen LogP contribution in [0, 0.1) is 0 Å². The molecule has 1 fully saturated rings. The van der Waals surface area contributed by atoms with Crippen molar-refractivity contribution in [3.8, 4) is 0 Å². The molecule has 1 saturated carbocycles.